The number of benzene rings is 3. The van der Waals surface area contributed by atoms with Gasteiger partial charge in [-0.25, -0.2) is 4.79 Å². The minimum absolute atomic E-state index is 0.110. The SMILES string of the molecule is CN(C)[C@H](CNC(=O)NCCc1ccccc1)Cc1cccc2ccccc12. The first-order valence-electron chi connectivity index (χ1n) is 9.82. The predicted octanol–water partition coefficient (Wildman–Crippen LogP) is 3.85. The summed E-state index contributed by atoms with van der Waals surface area (Å²) >= 11 is 0. The molecular formula is C24H29N3O. The van der Waals surface area contributed by atoms with E-state index in [1.165, 1.54) is 21.9 Å². The van der Waals surface area contributed by atoms with E-state index in [9.17, 15) is 4.79 Å². The summed E-state index contributed by atoms with van der Waals surface area (Å²) in [5, 5.41) is 8.51. The van der Waals surface area contributed by atoms with Crippen LogP contribution in [0.25, 0.3) is 10.8 Å². The molecule has 2 N–H and O–H groups in total. The van der Waals surface area contributed by atoms with Gasteiger partial charge in [0.05, 0.1) is 0 Å². The summed E-state index contributed by atoms with van der Waals surface area (Å²) in [5.41, 5.74) is 2.54. The van der Waals surface area contributed by atoms with Crippen molar-refractivity contribution in [2.45, 2.75) is 18.9 Å². The van der Waals surface area contributed by atoms with Gasteiger partial charge in [0.2, 0.25) is 0 Å². The van der Waals surface area contributed by atoms with Crippen LogP contribution >= 0.6 is 0 Å². The van der Waals surface area contributed by atoms with E-state index in [0.29, 0.717) is 13.1 Å². The van der Waals surface area contributed by atoms with Crippen LogP contribution in [0.5, 0.6) is 0 Å². The Morgan fingerprint density at radius 3 is 2.39 bits per heavy atom. The molecule has 0 fully saturated rings. The van der Waals surface area contributed by atoms with Gasteiger partial charge < -0.3 is 15.5 Å². The molecular weight excluding hydrogens is 346 g/mol. The van der Waals surface area contributed by atoms with Crippen molar-refractivity contribution in [3.8, 4) is 0 Å². The molecule has 0 heterocycles. The maximum atomic E-state index is 12.2. The normalized spacial score (nSPS) is 12.1. The Hall–Kier alpha value is -2.85. The lowest BCUT2D eigenvalue weighted by Gasteiger charge is -2.25. The average molecular weight is 376 g/mol. The summed E-state index contributed by atoms with van der Waals surface area (Å²) < 4.78 is 0. The molecule has 0 saturated carbocycles. The molecule has 0 unspecified atom stereocenters. The van der Waals surface area contributed by atoms with E-state index in [0.717, 1.165) is 12.8 Å². The maximum absolute atomic E-state index is 12.2. The Morgan fingerprint density at radius 1 is 0.893 bits per heavy atom. The quantitative estimate of drug-likeness (QED) is 0.628. The van der Waals surface area contributed by atoms with E-state index < -0.39 is 0 Å². The standard InChI is InChI=1S/C24H29N3O/c1-27(2)22(17-21-13-8-12-20-11-6-7-14-23(20)21)18-26-24(28)25-16-15-19-9-4-3-5-10-19/h3-14,22H,15-18H2,1-2H3,(H2,25,26,28)/t22-/m0/s1. The Morgan fingerprint density at radius 2 is 1.61 bits per heavy atom. The highest BCUT2D eigenvalue weighted by atomic mass is 16.2. The molecule has 0 saturated heterocycles. The molecule has 0 radical (unpaired) electrons. The summed E-state index contributed by atoms with van der Waals surface area (Å²) in [6.07, 6.45) is 1.72. The van der Waals surface area contributed by atoms with E-state index in [-0.39, 0.29) is 12.1 Å². The van der Waals surface area contributed by atoms with Gasteiger partial charge in [0.25, 0.3) is 0 Å². The van der Waals surface area contributed by atoms with E-state index in [2.05, 4.69) is 84.2 Å². The second-order valence-electron chi connectivity index (χ2n) is 7.33. The number of rotatable bonds is 8. The van der Waals surface area contributed by atoms with Crippen molar-refractivity contribution in [3.63, 3.8) is 0 Å². The minimum Gasteiger partial charge on any atom is -0.338 e. The summed E-state index contributed by atoms with van der Waals surface area (Å²) in [5.74, 6) is 0. The van der Waals surface area contributed by atoms with E-state index >= 15 is 0 Å². The third-order valence-corrected chi connectivity index (χ3v) is 5.11. The van der Waals surface area contributed by atoms with Crippen LogP contribution in [0.3, 0.4) is 0 Å². The molecule has 4 heteroatoms. The number of likely N-dealkylation sites (N-methyl/N-ethyl adjacent to an activating group) is 1. The van der Waals surface area contributed by atoms with Crippen molar-refractivity contribution in [1.82, 2.24) is 15.5 Å². The minimum atomic E-state index is -0.110. The third-order valence-electron chi connectivity index (χ3n) is 5.11. The highest BCUT2D eigenvalue weighted by Crippen LogP contribution is 2.20. The van der Waals surface area contributed by atoms with Crippen LogP contribution in [0.15, 0.2) is 72.8 Å². The summed E-state index contributed by atoms with van der Waals surface area (Å²) in [7, 11) is 4.12. The van der Waals surface area contributed by atoms with Gasteiger partial charge >= 0.3 is 6.03 Å². The van der Waals surface area contributed by atoms with Crippen LogP contribution in [0.4, 0.5) is 4.79 Å². The lowest BCUT2D eigenvalue weighted by molar-refractivity contribution is 0.232. The fourth-order valence-electron chi connectivity index (χ4n) is 3.40. The molecule has 0 bridgehead atoms. The maximum Gasteiger partial charge on any atom is 0.314 e. The van der Waals surface area contributed by atoms with Gasteiger partial charge in [0, 0.05) is 19.1 Å². The number of carbonyl (C=O) groups excluding carboxylic acids is 1. The predicted molar refractivity (Wildman–Crippen MR) is 117 cm³/mol. The first kappa shape index (κ1) is 19.9. The molecule has 28 heavy (non-hydrogen) atoms. The lowest BCUT2D eigenvalue weighted by atomic mass is 9.98. The smallest absolute Gasteiger partial charge is 0.314 e. The van der Waals surface area contributed by atoms with Crippen molar-refractivity contribution in [2.75, 3.05) is 27.2 Å². The topological polar surface area (TPSA) is 44.4 Å². The van der Waals surface area contributed by atoms with Crippen LogP contribution in [0.2, 0.25) is 0 Å². The van der Waals surface area contributed by atoms with Crippen LogP contribution in [-0.4, -0.2) is 44.2 Å². The Labute approximate surface area is 167 Å². The fourth-order valence-corrected chi connectivity index (χ4v) is 3.40. The molecule has 0 aromatic heterocycles. The monoisotopic (exact) mass is 375 g/mol. The number of hydrogen-bond acceptors (Lipinski definition) is 2. The molecule has 0 aliphatic heterocycles. The van der Waals surface area contributed by atoms with E-state index in [1.807, 2.05) is 18.2 Å². The summed E-state index contributed by atoms with van der Waals surface area (Å²) in [6, 6.07) is 25.2. The second-order valence-corrected chi connectivity index (χ2v) is 7.33. The number of nitrogens with zero attached hydrogens (tertiary/aromatic N) is 1. The van der Waals surface area contributed by atoms with Gasteiger partial charge in [-0.05, 0) is 48.8 Å². The number of amides is 2. The Kier molecular flexibility index (Phi) is 7.04. The van der Waals surface area contributed by atoms with Gasteiger partial charge in [-0.3, -0.25) is 0 Å². The van der Waals surface area contributed by atoms with Crippen LogP contribution in [0, 0.1) is 0 Å². The number of nitrogens with one attached hydrogen (secondary N) is 2. The van der Waals surface area contributed by atoms with Crippen molar-refractivity contribution in [1.29, 1.82) is 0 Å². The summed E-state index contributed by atoms with van der Waals surface area (Å²) in [4.78, 5) is 14.4. The molecule has 0 aliphatic rings. The number of hydrogen-bond donors (Lipinski definition) is 2. The van der Waals surface area contributed by atoms with Crippen LogP contribution in [-0.2, 0) is 12.8 Å². The van der Waals surface area contributed by atoms with Gasteiger partial charge in [-0.2, -0.15) is 0 Å². The lowest BCUT2D eigenvalue weighted by Crippen LogP contribution is -2.45. The van der Waals surface area contributed by atoms with Gasteiger partial charge in [0.1, 0.15) is 0 Å². The molecule has 3 aromatic carbocycles. The fraction of sp³-hybridized carbons (Fsp3) is 0.292. The molecule has 3 aromatic rings. The van der Waals surface area contributed by atoms with E-state index in [1.54, 1.807) is 0 Å². The van der Waals surface area contributed by atoms with Crippen LogP contribution in [0.1, 0.15) is 11.1 Å². The number of urea groups is 1. The Bertz CT molecular complexity index is 887. The van der Waals surface area contributed by atoms with Crippen molar-refractivity contribution in [3.05, 3.63) is 83.9 Å². The largest absolute Gasteiger partial charge is 0.338 e. The first-order chi connectivity index (χ1) is 13.6. The highest BCUT2D eigenvalue weighted by molar-refractivity contribution is 5.85. The zero-order chi connectivity index (χ0) is 19.8. The van der Waals surface area contributed by atoms with Gasteiger partial charge in [-0.1, -0.05) is 72.8 Å². The first-order valence-corrected chi connectivity index (χ1v) is 9.82. The van der Waals surface area contributed by atoms with Crippen LogP contribution < -0.4 is 10.6 Å². The van der Waals surface area contributed by atoms with Gasteiger partial charge in [0.15, 0.2) is 0 Å². The van der Waals surface area contributed by atoms with E-state index in [4.69, 9.17) is 0 Å². The molecule has 0 spiro atoms. The second kappa shape index (κ2) is 9.90. The molecule has 146 valence electrons. The third kappa shape index (κ3) is 5.57. The van der Waals surface area contributed by atoms with Crippen molar-refractivity contribution < 1.29 is 4.79 Å². The molecule has 3 rings (SSSR count). The summed E-state index contributed by atoms with van der Waals surface area (Å²) in [6.45, 7) is 1.24. The zero-order valence-electron chi connectivity index (χ0n) is 16.7. The van der Waals surface area contributed by atoms with Gasteiger partial charge in [-0.15, -0.1) is 0 Å². The average Bonchev–Trinajstić information content (AvgIpc) is 2.71. The number of fused-ring (bicyclic) bond motifs is 1. The molecule has 1 atom stereocenters. The molecule has 4 nitrogen and oxygen atoms in total. The highest BCUT2D eigenvalue weighted by Gasteiger charge is 2.15. The Balaban J connectivity index is 1.52. The number of carbonyl (C=O) groups is 1. The molecule has 0 aliphatic carbocycles. The van der Waals surface area contributed by atoms with Crippen molar-refractivity contribution >= 4 is 16.8 Å². The zero-order valence-corrected chi connectivity index (χ0v) is 16.7. The molecule has 2 amide bonds. The van der Waals surface area contributed by atoms with Crippen molar-refractivity contribution in [2.24, 2.45) is 0 Å².